The predicted octanol–water partition coefficient (Wildman–Crippen LogP) is 0.592. The number of aliphatic hydroxyl groups excluding tert-OH is 1. The normalized spacial score (nSPS) is 43.9. The van der Waals surface area contributed by atoms with Gasteiger partial charge in [0.05, 0.1) is 6.10 Å². The first-order chi connectivity index (χ1) is 4.13. The summed E-state index contributed by atoms with van der Waals surface area (Å²) in [6.07, 6.45) is -0.0185. The molecule has 0 aliphatic heterocycles. The topological polar surface area (TPSA) is 37.3 Å². The van der Waals surface area contributed by atoms with Crippen molar-refractivity contribution in [2.45, 2.75) is 26.4 Å². The van der Waals surface area contributed by atoms with E-state index in [0.717, 1.165) is 0 Å². The molecule has 0 radical (unpaired) electrons. The van der Waals surface area contributed by atoms with Gasteiger partial charge < -0.3 is 5.11 Å². The average Bonchev–Trinajstić information content (AvgIpc) is 1.98. The van der Waals surface area contributed by atoms with Gasteiger partial charge in [0.2, 0.25) is 0 Å². The Labute approximate surface area is 54.9 Å². The van der Waals surface area contributed by atoms with E-state index in [1.54, 1.807) is 0 Å². The third-order valence-corrected chi connectivity index (χ3v) is 2.31. The highest BCUT2D eigenvalue weighted by Crippen LogP contribution is 2.27. The van der Waals surface area contributed by atoms with Gasteiger partial charge in [-0.2, -0.15) is 0 Å². The van der Waals surface area contributed by atoms with Crippen molar-refractivity contribution in [3.8, 4) is 0 Å². The maximum absolute atomic E-state index is 10.8. The monoisotopic (exact) mass is 128 g/mol. The van der Waals surface area contributed by atoms with Gasteiger partial charge in [-0.1, -0.05) is 13.8 Å². The minimum absolute atomic E-state index is 0.0694. The second-order valence-electron chi connectivity index (χ2n) is 2.89. The first-order valence-corrected chi connectivity index (χ1v) is 3.33. The van der Waals surface area contributed by atoms with Crippen molar-refractivity contribution in [3.63, 3.8) is 0 Å². The maximum atomic E-state index is 10.8. The first kappa shape index (κ1) is 6.75. The van der Waals surface area contributed by atoms with Crippen LogP contribution in [0.25, 0.3) is 0 Å². The fourth-order valence-corrected chi connectivity index (χ4v) is 1.20. The molecule has 0 spiro atoms. The SMILES string of the molecule is CC1C(O)CC(=O)[C@@H]1C. The molecule has 0 aromatic rings. The lowest BCUT2D eigenvalue weighted by Crippen LogP contribution is -2.13. The molecule has 2 heteroatoms. The van der Waals surface area contributed by atoms with E-state index in [1.165, 1.54) is 0 Å². The summed E-state index contributed by atoms with van der Waals surface area (Å²) in [7, 11) is 0. The van der Waals surface area contributed by atoms with E-state index in [1.807, 2.05) is 13.8 Å². The largest absolute Gasteiger partial charge is 0.392 e. The van der Waals surface area contributed by atoms with Gasteiger partial charge in [-0.25, -0.2) is 0 Å². The molecule has 0 aromatic heterocycles. The molecule has 1 aliphatic carbocycles. The van der Waals surface area contributed by atoms with Crippen LogP contribution < -0.4 is 0 Å². The Morgan fingerprint density at radius 2 is 2.11 bits per heavy atom. The van der Waals surface area contributed by atoms with Gasteiger partial charge in [0, 0.05) is 12.3 Å². The number of ketones is 1. The van der Waals surface area contributed by atoms with Crippen molar-refractivity contribution >= 4 is 5.78 Å². The minimum Gasteiger partial charge on any atom is -0.392 e. The minimum atomic E-state index is -0.382. The molecule has 3 atom stereocenters. The van der Waals surface area contributed by atoms with Gasteiger partial charge in [0.1, 0.15) is 5.78 Å². The van der Waals surface area contributed by atoms with Crippen LogP contribution in [0.3, 0.4) is 0 Å². The van der Waals surface area contributed by atoms with E-state index in [-0.39, 0.29) is 23.7 Å². The highest BCUT2D eigenvalue weighted by molar-refractivity contribution is 5.83. The third kappa shape index (κ3) is 0.990. The van der Waals surface area contributed by atoms with Crippen LogP contribution in [0.15, 0.2) is 0 Å². The summed E-state index contributed by atoms with van der Waals surface area (Å²) in [4.78, 5) is 10.8. The van der Waals surface area contributed by atoms with E-state index in [9.17, 15) is 4.79 Å². The molecule has 0 aromatic carbocycles. The lowest BCUT2D eigenvalue weighted by atomic mass is 9.99. The van der Waals surface area contributed by atoms with Crippen LogP contribution >= 0.6 is 0 Å². The average molecular weight is 128 g/mol. The first-order valence-electron chi connectivity index (χ1n) is 3.33. The maximum Gasteiger partial charge on any atom is 0.138 e. The van der Waals surface area contributed by atoms with Crippen LogP contribution in [0.4, 0.5) is 0 Å². The van der Waals surface area contributed by atoms with Gasteiger partial charge in [0.25, 0.3) is 0 Å². The van der Waals surface area contributed by atoms with Gasteiger partial charge in [0.15, 0.2) is 0 Å². The highest BCUT2D eigenvalue weighted by atomic mass is 16.3. The van der Waals surface area contributed by atoms with E-state index in [0.29, 0.717) is 6.42 Å². The molecule has 0 heterocycles. The number of carbonyl (C=O) groups is 1. The van der Waals surface area contributed by atoms with Crippen LogP contribution in [0.1, 0.15) is 20.3 Å². The Kier molecular flexibility index (Phi) is 1.58. The summed E-state index contributed by atoms with van der Waals surface area (Å²) in [5, 5.41) is 9.12. The van der Waals surface area contributed by atoms with Gasteiger partial charge >= 0.3 is 0 Å². The molecule has 0 saturated heterocycles. The van der Waals surface area contributed by atoms with E-state index in [4.69, 9.17) is 5.11 Å². The number of hydrogen-bond donors (Lipinski definition) is 1. The Bertz CT molecular complexity index is 131. The van der Waals surface area contributed by atoms with Crippen LogP contribution in [0.2, 0.25) is 0 Å². The molecule has 52 valence electrons. The number of rotatable bonds is 0. The third-order valence-electron chi connectivity index (χ3n) is 2.31. The molecule has 0 bridgehead atoms. The predicted molar refractivity (Wildman–Crippen MR) is 34.0 cm³/mol. The lowest BCUT2D eigenvalue weighted by molar-refractivity contribution is -0.120. The molecule has 1 saturated carbocycles. The van der Waals surface area contributed by atoms with Gasteiger partial charge in [-0.05, 0) is 5.92 Å². The second-order valence-corrected chi connectivity index (χ2v) is 2.89. The zero-order chi connectivity index (χ0) is 7.02. The van der Waals surface area contributed by atoms with Crippen LogP contribution in [0, 0.1) is 11.8 Å². The summed E-state index contributed by atoms with van der Waals surface area (Å²) in [5.74, 6) is 0.437. The van der Waals surface area contributed by atoms with Gasteiger partial charge in [-0.15, -0.1) is 0 Å². The molecule has 9 heavy (non-hydrogen) atoms. The van der Waals surface area contributed by atoms with Crippen molar-refractivity contribution in [2.24, 2.45) is 11.8 Å². The molecular formula is C7H12O2. The summed E-state index contributed by atoms with van der Waals surface area (Å²) >= 11 is 0. The van der Waals surface area contributed by atoms with Crippen molar-refractivity contribution in [1.29, 1.82) is 0 Å². The second kappa shape index (κ2) is 2.10. The van der Waals surface area contributed by atoms with E-state index >= 15 is 0 Å². The molecule has 1 N–H and O–H groups in total. The number of Topliss-reactive ketones (excluding diaryl/α,β-unsaturated/α-hetero) is 1. The summed E-state index contributed by atoms with van der Waals surface area (Å²) in [5.41, 5.74) is 0. The molecule has 2 nitrogen and oxygen atoms in total. The zero-order valence-corrected chi connectivity index (χ0v) is 5.79. The molecule has 0 amide bonds. The Morgan fingerprint density at radius 3 is 2.22 bits per heavy atom. The van der Waals surface area contributed by atoms with E-state index in [2.05, 4.69) is 0 Å². The Morgan fingerprint density at radius 1 is 1.56 bits per heavy atom. The molecule has 1 aliphatic rings. The number of aliphatic hydroxyl groups is 1. The zero-order valence-electron chi connectivity index (χ0n) is 5.79. The number of hydrogen-bond acceptors (Lipinski definition) is 2. The molecule has 1 fully saturated rings. The standard InChI is InChI=1S/C7H12O2/c1-4-5(2)7(9)3-6(4)8/h4-6,8H,3H2,1-2H3/t4?,5-,6?/m1/s1. The summed E-state index contributed by atoms with van der Waals surface area (Å²) in [6, 6.07) is 0. The molecular weight excluding hydrogens is 116 g/mol. The van der Waals surface area contributed by atoms with Gasteiger partial charge in [-0.3, -0.25) is 4.79 Å². The van der Waals surface area contributed by atoms with Crippen LogP contribution in [0.5, 0.6) is 0 Å². The quantitative estimate of drug-likeness (QED) is 0.518. The van der Waals surface area contributed by atoms with Crippen molar-refractivity contribution < 1.29 is 9.90 Å². The van der Waals surface area contributed by atoms with Crippen LogP contribution in [-0.4, -0.2) is 17.0 Å². The van der Waals surface area contributed by atoms with Crippen molar-refractivity contribution in [2.75, 3.05) is 0 Å². The van der Waals surface area contributed by atoms with E-state index < -0.39 is 0 Å². The lowest BCUT2D eigenvalue weighted by Gasteiger charge is -2.09. The fraction of sp³-hybridized carbons (Fsp3) is 0.857. The highest BCUT2D eigenvalue weighted by Gasteiger charge is 2.34. The Balaban J connectivity index is 2.65. The van der Waals surface area contributed by atoms with Crippen molar-refractivity contribution in [3.05, 3.63) is 0 Å². The fourth-order valence-electron chi connectivity index (χ4n) is 1.20. The smallest absolute Gasteiger partial charge is 0.138 e. The molecule has 1 rings (SSSR count). The summed E-state index contributed by atoms with van der Waals surface area (Å²) in [6.45, 7) is 3.80. The van der Waals surface area contributed by atoms with Crippen LogP contribution in [-0.2, 0) is 4.79 Å². The van der Waals surface area contributed by atoms with Crippen molar-refractivity contribution in [1.82, 2.24) is 0 Å². The summed E-state index contributed by atoms with van der Waals surface area (Å²) < 4.78 is 0. The Hall–Kier alpha value is -0.370. The number of carbonyl (C=O) groups excluding carboxylic acids is 1. The molecule has 2 unspecified atom stereocenters.